The number of hydrogen-bond donors (Lipinski definition) is 0. The molecular formula is C18H18N2O4. The molecule has 0 N–H and O–H groups in total. The zero-order chi connectivity index (χ0) is 17.3. The van der Waals surface area contributed by atoms with Gasteiger partial charge in [-0.25, -0.2) is 4.79 Å². The van der Waals surface area contributed by atoms with Crippen molar-refractivity contribution >= 4 is 17.6 Å². The minimum absolute atomic E-state index is 0.0206. The number of amides is 1. The molecule has 1 aliphatic heterocycles. The number of ether oxygens (including phenoxy) is 1. The number of para-hydroxylation sites is 1. The monoisotopic (exact) mass is 326 g/mol. The van der Waals surface area contributed by atoms with E-state index < -0.39 is 12.1 Å². The molecule has 0 unspecified atom stereocenters. The van der Waals surface area contributed by atoms with Crippen LogP contribution < -0.4 is 9.63 Å². The second kappa shape index (κ2) is 6.31. The Hall–Kier alpha value is -2.89. The second-order valence-electron chi connectivity index (χ2n) is 5.88. The highest BCUT2D eigenvalue weighted by atomic mass is 16.5. The third kappa shape index (κ3) is 2.95. The van der Waals surface area contributed by atoms with E-state index in [4.69, 9.17) is 4.74 Å². The van der Waals surface area contributed by atoms with Gasteiger partial charge in [-0.05, 0) is 31.9 Å². The summed E-state index contributed by atoms with van der Waals surface area (Å²) in [6.07, 6.45) is 2.29. The van der Waals surface area contributed by atoms with E-state index >= 15 is 0 Å². The van der Waals surface area contributed by atoms with Crippen LogP contribution in [0.1, 0.15) is 29.8 Å². The summed E-state index contributed by atoms with van der Waals surface area (Å²) >= 11 is 0. The molecule has 3 rings (SSSR count). The van der Waals surface area contributed by atoms with E-state index in [9.17, 15) is 14.8 Å². The van der Waals surface area contributed by atoms with Gasteiger partial charge in [0.05, 0.1) is 5.56 Å². The van der Waals surface area contributed by atoms with E-state index in [1.54, 1.807) is 11.8 Å². The molecular weight excluding hydrogens is 308 g/mol. The topological polar surface area (TPSA) is 73.5 Å². The Bertz CT molecular complexity index is 773. The molecule has 2 heterocycles. The first-order valence-corrected chi connectivity index (χ1v) is 7.78. The molecule has 0 saturated carbocycles. The lowest BCUT2D eigenvalue weighted by Gasteiger charge is -2.25. The van der Waals surface area contributed by atoms with E-state index in [1.165, 1.54) is 24.5 Å². The lowest BCUT2D eigenvalue weighted by Crippen LogP contribution is -2.43. The average molecular weight is 326 g/mol. The van der Waals surface area contributed by atoms with Crippen LogP contribution in [-0.4, -0.2) is 24.0 Å². The van der Waals surface area contributed by atoms with Gasteiger partial charge in [-0.3, -0.25) is 4.79 Å². The number of esters is 1. The van der Waals surface area contributed by atoms with Gasteiger partial charge in [0.2, 0.25) is 0 Å². The van der Waals surface area contributed by atoms with E-state index in [2.05, 4.69) is 0 Å². The molecule has 1 aromatic heterocycles. The first kappa shape index (κ1) is 16.0. The largest absolute Gasteiger partial charge is 0.619 e. The predicted octanol–water partition coefficient (Wildman–Crippen LogP) is 1.84. The minimum Gasteiger partial charge on any atom is -0.619 e. The van der Waals surface area contributed by atoms with E-state index in [0.29, 0.717) is 4.73 Å². The maximum atomic E-state index is 12.7. The fraction of sp³-hybridized carbons (Fsp3) is 0.278. The molecule has 1 aliphatic rings. The number of benzene rings is 1. The summed E-state index contributed by atoms with van der Waals surface area (Å²) in [5.74, 6) is -0.882. The molecule has 0 spiro atoms. The summed E-state index contributed by atoms with van der Waals surface area (Å²) in [5, 5.41) is 11.0. The molecule has 124 valence electrons. The Morgan fingerprint density at radius 3 is 2.62 bits per heavy atom. The maximum absolute atomic E-state index is 12.7. The summed E-state index contributed by atoms with van der Waals surface area (Å²) < 4.78 is 5.85. The van der Waals surface area contributed by atoms with Crippen molar-refractivity contribution in [3.63, 3.8) is 0 Å². The van der Waals surface area contributed by atoms with Gasteiger partial charge in [-0.1, -0.05) is 18.2 Å². The van der Waals surface area contributed by atoms with Crippen molar-refractivity contribution < 1.29 is 19.1 Å². The number of anilines is 1. The van der Waals surface area contributed by atoms with Gasteiger partial charge in [0.1, 0.15) is 0 Å². The highest BCUT2D eigenvalue weighted by Gasteiger charge is 2.34. The highest BCUT2D eigenvalue weighted by molar-refractivity contribution is 6.00. The first-order valence-electron chi connectivity index (χ1n) is 7.78. The Kier molecular flexibility index (Phi) is 4.20. The number of fused-ring (bicyclic) bond motifs is 1. The van der Waals surface area contributed by atoms with Crippen molar-refractivity contribution in [3.8, 4) is 0 Å². The third-order valence-electron chi connectivity index (χ3n) is 4.11. The van der Waals surface area contributed by atoms with Crippen LogP contribution in [0.5, 0.6) is 0 Å². The van der Waals surface area contributed by atoms with Crippen molar-refractivity contribution in [1.29, 1.82) is 0 Å². The zero-order valence-electron chi connectivity index (χ0n) is 13.5. The summed E-state index contributed by atoms with van der Waals surface area (Å²) in [6.45, 7) is 3.53. The minimum atomic E-state index is -0.911. The van der Waals surface area contributed by atoms with Gasteiger partial charge < -0.3 is 14.8 Å². The zero-order valence-corrected chi connectivity index (χ0v) is 13.5. The summed E-state index contributed by atoms with van der Waals surface area (Å²) in [5.41, 5.74) is 2.21. The SMILES string of the molecule is C[C@H](OC(=O)c1cc[n+]([O-])cc1)C(=O)N1c2ccccc2C[C@H]1C. The number of nitrogens with zero attached hydrogens (tertiary/aromatic N) is 2. The number of carbonyl (C=O) groups is 2. The fourth-order valence-corrected chi connectivity index (χ4v) is 2.93. The molecule has 2 aromatic rings. The van der Waals surface area contributed by atoms with Gasteiger partial charge in [0.15, 0.2) is 18.5 Å². The second-order valence-corrected chi connectivity index (χ2v) is 5.88. The molecule has 2 atom stereocenters. The fourth-order valence-electron chi connectivity index (χ4n) is 2.93. The normalized spacial score (nSPS) is 17.2. The van der Waals surface area contributed by atoms with Crippen LogP contribution in [0.3, 0.4) is 0 Å². The average Bonchev–Trinajstić information content (AvgIpc) is 2.90. The van der Waals surface area contributed by atoms with Gasteiger partial charge in [-0.15, -0.1) is 0 Å². The van der Waals surface area contributed by atoms with Crippen molar-refractivity contribution in [3.05, 3.63) is 65.1 Å². The molecule has 24 heavy (non-hydrogen) atoms. The number of pyridine rings is 1. The maximum Gasteiger partial charge on any atom is 0.339 e. The predicted molar refractivity (Wildman–Crippen MR) is 87.4 cm³/mol. The van der Waals surface area contributed by atoms with Crippen LogP contribution in [0.4, 0.5) is 5.69 Å². The standard InChI is InChI=1S/C18H18N2O4/c1-12-11-15-5-3-4-6-16(15)20(12)17(21)13(2)24-18(22)14-7-9-19(23)10-8-14/h3-10,12-13H,11H2,1-2H3/t12-,13+/m1/s1. The molecule has 6 nitrogen and oxygen atoms in total. The van der Waals surface area contributed by atoms with E-state index in [1.807, 2.05) is 31.2 Å². The molecule has 6 heteroatoms. The number of carbonyl (C=O) groups excluding carboxylic acids is 2. The molecule has 0 fully saturated rings. The number of hydrogen-bond acceptors (Lipinski definition) is 4. The van der Waals surface area contributed by atoms with Crippen LogP contribution in [0.15, 0.2) is 48.8 Å². The van der Waals surface area contributed by atoms with Crippen LogP contribution in [-0.2, 0) is 16.0 Å². The Morgan fingerprint density at radius 1 is 1.25 bits per heavy atom. The van der Waals surface area contributed by atoms with Crippen molar-refractivity contribution in [1.82, 2.24) is 0 Å². The number of aromatic nitrogens is 1. The Morgan fingerprint density at radius 2 is 1.92 bits per heavy atom. The van der Waals surface area contributed by atoms with Crippen LogP contribution in [0, 0.1) is 5.21 Å². The smallest absolute Gasteiger partial charge is 0.339 e. The lowest BCUT2D eigenvalue weighted by molar-refractivity contribution is -0.605. The first-order chi connectivity index (χ1) is 11.5. The van der Waals surface area contributed by atoms with Crippen LogP contribution >= 0.6 is 0 Å². The molecule has 1 aromatic carbocycles. The quantitative estimate of drug-likeness (QED) is 0.490. The number of rotatable bonds is 3. The molecule has 0 aliphatic carbocycles. The van der Waals surface area contributed by atoms with Crippen molar-refractivity contribution in [2.75, 3.05) is 4.90 Å². The molecule has 0 radical (unpaired) electrons. The lowest BCUT2D eigenvalue weighted by atomic mass is 10.1. The van der Waals surface area contributed by atoms with E-state index in [0.717, 1.165) is 17.7 Å². The van der Waals surface area contributed by atoms with Gasteiger partial charge in [0, 0.05) is 23.9 Å². The Balaban J connectivity index is 1.73. The highest BCUT2D eigenvalue weighted by Crippen LogP contribution is 2.32. The summed E-state index contributed by atoms with van der Waals surface area (Å²) in [7, 11) is 0. The van der Waals surface area contributed by atoms with Gasteiger partial charge in [-0.2, -0.15) is 4.73 Å². The third-order valence-corrected chi connectivity index (χ3v) is 4.11. The van der Waals surface area contributed by atoms with Crippen LogP contribution in [0.2, 0.25) is 0 Å². The molecule has 0 bridgehead atoms. The summed E-state index contributed by atoms with van der Waals surface area (Å²) in [4.78, 5) is 26.5. The van der Waals surface area contributed by atoms with Gasteiger partial charge >= 0.3 is 5.97 Å². The van der Waals surface area contributed by atoms with Crippen LogP contribution in [0.25, 0.3) is 0 Å². The summed E-state index contributed by atoms with van der Waals surface area (Å²) in [6, 6.07) is 10.5. The van der Waals surface area contributed by atoms with Crippen molar-refractivity contribution in [2.45, 2.75) is 32.4 Å². The molecule has 0 saturated heterocycles. The Labute approximate surface area is 139 Å². The van der Waals surface area contributed by atoms with E-state index in [-0.39, 0.29) is 17.5 Å². The molecule has 1 amide bonds. The van der Waals surface area contributed by atoms with Crippen molar-refractivity contribution in [2.24, 2.45) is 0 Å². The van der Waals surface area contributed by atoms with Gasteiger partial charge in [0.25, 0.3) is 5.91 Å².